The van der Waals surface area contributed by atoms with Gasteiger partial charge in [-0.3, -0.25) is 4.79 Å². The molecule has 1 aliphatic heterocycles. The van der Waals surface area contributed by atoms with Crippen LogP contribution in [-0.4, -0.2) is 44.3 Å². The fraction of sp³-hybridized carbons (Fsp3) is 0.280. The van der Waals surface area contributed by atoms with E-state index in [1.165, 1.54) is 39.9 Å². The molecule has 1 amide bonds. The monoisotopic (exact) mass is 498 g/mol. The highest BCUT2D eigenvalue weighted by Gasteiger charge is 2.27. The Hall–Kier alpha value is -3.01. The van der Waals surface area contributed by atoms with E-state index in [0.29, 0.717) is 34.8 Å². The number of esters is 1. The second-order valence-corrected chi connectivity index (χ2v) is 10.8. The Labute approximate surface area is 203 Å². The molecule has 34 heavy (non-hydrogen) atoms. The summed E-state index contributed by atoms with van der Waals surface area (Å²) in [4.78, 5) is 25.8. The number of nitrogens with zero attached hydrogens (tertiary/aromatic N) is 1. The minimum Gasteiger partial charge on any atom is -0.462 e. The Morgan fingerprint density at radius 3 is 2.29 bits per heavy atom. The standard InChI is InChI=1S/C25H26N2O5S2/c1-3-32-25(29)22-21(18-8-6-17(2)7-9-18)16-33-24(22)26-23(28)19-10-12-20(13-11-19)34(30,31)27-14-4-5-15-27/h6-13,16H,3-5,14-15H2,1-2H3,(H,26,28). The SMILES string of the molecule is CCOC(=O)c1c(-c2ccc(C)cc2)csc1NC(=O)c1ccc(S(=O)(=O)N2CCCC2)cc1. The van der Waals surface area contributed by atoms with Crippen molar-refractivity contribution < 1.29 is 22.7 Å². The van der Waals surface area contributed by atoms with Gasteiger partial charge in [-0.05, 0) is 56.5 Å². The van der Waals surface area contributed by atoms with Crippen LogP contribution in [0.4, 0.5) is 5.00 Å². The van der Waals surface area contributed by atoms with Crippen molar-refractivity contribution in [3.05, 3.63) is 70.6 Å². The minimum absolute atomic E-state index is 0.163. The van der Waals surface area contributed by atoms with E-state index in [1.807, 2.05) is 36.6 Å². The molecule has 0 unspecified atom stereocenters. The summed E-state index contributed by atoms with van der Waals surface area (Å²) < 4.78 is 32.2. The number of sulfonamides is 1. The number of aryl methyl sites for hydroxylation is 1. The van der Waals surface area contributed by atoms with Gasteiger partial charge in [-0.2, -0.15) is 4.31 Å². The Morgan fingerprint density at radius 2 is 1.68 bits per heavy atom. The number of hydrogen-bond acceptors (Lipinski definition) is 6. The van der Waals surface area contributed by atoms with Gasteiger partial charge in [0.25, 0.3) is 5.91 Å². The highest BCUT2D eigenvalue weighted by atomic mass is 32.2. The van der Waals surface area contributed by atoms with E-state index in [1.54, 1.807) is 6.92 Å². The van der Waals surface area contributed by atoms with Crippen LogP contribution in [0.2, 0.25) is 0 Å². The molecule has 0 saturated carbocycles. The summed E-state index contributed by atoms with van der Waals surface area (Å²) in [5, 5.41) is 5.00. The first-order chi connectivity index (χ1) is 16.3. The molecule has 0 atom stereocenters. The smallest absolute Gasteiger partial charge is 0.341 e. The van der Waals surface area contributed by atoms with Crippen LogP contribution in [0.25, 0.3) is 11.1 Å². The third-order valence-corrected chi connectivity index (χ3v) is 8.49. The normalized spacial score (nSPS) is 14.2. The second kappa shape index (κ2) is 10.1. The molecule has 7 nitrogen and oxygen atoms in total. The zero-order chi connectivity index (χ0) is 24.3. The number of carbonyl (C=O) groups excluding carboxylic acids is 2. The molecule has 1 saturated heterocycles. The Morgan fingerprint density at radius 1 is 1.03 bits per heavy atom. The third kappa shape index (κ3) is 4.91. The topological polar surface area (TPSA) is 92.8 Å². The lowest BCUT2D eigenvalue weighted by Gasteiger charge is -2.15. The maximum atomic E-state index is 12.9. The van der Waals surface area contributed by atoms with E-state index in [0.717, 1.165) is 24.0 Å². The molecule has 3 aromatic rings. The average Bonchev–Trinajstić information content (AvgIpc) is 3.51. The van der Waals surface area contributed by atoms with Crippen molar-refractivity contribution in [1.29, 1.82) is 0 Å². The van der Waals surface area contributed by atoms with Gasteiger partial charge in [0.05, 0.1) is 11.5 Å². The molecule has 1 N–H and O–H groups in total. The summed E-state index contributed by atoms with van der Waals surface area (Å²) in [7, 11) is -3.55. The lowest BCUT2D eigenvalue weighted by Crippen LogP contribution is -2.27. The molecule has 2 aromatic carbocycles. The molecule has 0 bridgehead atoms. The number of carbonyl (C=O) groups is 2. The van der Waals surface area contributed by atoms with Gasteiger partial charge in [0, 0.05) is 29.6 Å². The van der Waals surface area contributed by atoms with Crippen LogP contribution < -0.4 is 5.32 Å². The van der Waals surface area contributed by atoms with E-state index in [4.69, 9.17) is 4.74 Å². The van der Waals surface area contributed by atoms with E-state index in [2.05, 4.69) is 5.32 Å². The van der Waals surface area contributed by atoms with Crippen LogP contribution in [0.15, 0.2) is 58.8 Å². The Kier molecular flexibility index (Phi) is 7.16. The van der Waals surface area contributed by atoms with Gasteiger partial charge < -0.3 is 10.1 Å². The van der Waals surface area contributed by atoms with Crippen molar-refractivity contribution in [2.24, 2.45) is 0 Å². The fourth-order valence-electron chi connectivity index (χ4n) is 3.83. The molecule has 0 spiro atoms. The molecule has 1 fully saturated rings. The molecule has 0 radical (unpaired) electrons. The number of rotatable bonds is 7. The highest BCUT2D eigenvalue weighted by Crippen LogP contribution is 2.36. The van der Waals surface area contributed by atoms with E-state index in [-0.39, 0.29) is 11.5 Å². The summed E-state index contributed by atoms with van der Waals surface area (Å²) in [6.07, 6.45) is 1.71. The van der Waals surface area contributed by atoms with Crippen molar-refractivity contribution in [3.8, 4) is 11.1 Å². The number of benzene rings is 2. The number of amides is 1. The second-order valence-electron chi connectivity index (χ2n) is 8.03. The van der Waals surface area contributed by atoms with Crippen LogP contribution in [0, 0.1) is 6.92 Å². The van der Waals surface area contributed by atoms with Gasteiger partial charge in [0.2, 0.25) is 10.0 Å². The first-order valence-corrected chi connectivity index (χ1v) is 13.4. The van der Waals surface area contributed by atoms with E-state index in [9.17, 15) is 18.0 Å². The summed E-state index contributed by atoms with van der Waals surface area (Å²) >= 11 is 1.24. The zero-order valence-corrected chi connectivity index (χ0v) is 20.7. The van der Waals surface area contributed by atoms with Crippen molar-refractivity contribution in [2.45, 2.75) is 31.6 Å². The van der Waals surface area contributed by atoms with Crippen molar-refractivity contribution in [1.82, 2.24) is 4.31 Å². The predicted molar refractivity (Wildman–Crippen MR) is 133 cm³/mol. The molecule has 4 rings (SSSR count). The number of thiophene rings is 1. The summed E-state index contributed by atoms with van der Waals surface area (Å²) in [5.41, 5.74) is 3.23. The molecule has 9 heteroatoms. The molecular weight excluding hydrogens is 472 g/mol. The average molecular weight is 499 g/mol. The minimum atomic E-state index is -3.55. The van der Waals surface area contributed by atoms with Gasteiger partial charge in [0.1, 0.15) is 10.6 Å². The fourth-order valence-corrected chi connectivity index (χ4v) is 6.30. The number of ether oxygens (including phenoxy) is 1. The number of anilines is 1. The number of nitrogens with one attached hydrogen (secondary N) is 1. The maximum Gasteiger partial charge on any atom is 0.341 e. The van der Waals surface area contributed by atoms with Crippen molar-refractivity contribution in [3.63, 3.8) is 0 Å². The van der Waals surface area contributed by atoms with Gasteiger partial charge in [-0.25, -0.2) is 13.2 Å². The molecular formula is C25H26N2O5S2. The predicted octanol–water partition coefficient (Wildman–Crippen LogP) is 4.94. The van der Waals surface area contributed by atoms with Gasteiger partial charge in [0.15, 0.2) is 0 Å². The van der Waals surface area contributed by atoms with Crippen LogP contribution in [0.3, 0.4) is 0 Å². The Bertz CT molecular complexity index is 1290. The lowest BCUT2D eigenvalue weighted by molar-refractivity contribution is 0.0529. The van der Waals surface area contributed by atoms with Gasteiger partial charge in [-0.1, -0.05) is 29.8 Å². The highest BCUT2D eigenvalue weighted by molar-refractivity contribution is 7.89. The molecule has 178 valence electrons. The molecule has 0 aliphatic carbocycles. The third-order valence-electron chi connectivity index (χ3n) is 5.68. The van der Waals surface area contributed by atoms with Crippen LogP contribution in [0.1, 0.15) is 46.0 Å². The van der Waals surface area contributed by atoms with Crippen LogP contribution in [0.5, 0.6) is 0 Å². The van der Waals surface area contributed by atoms with E-state index < -0.39 is 21.9 Å². The first kappa shape index (κ1) is 24.1. The molecule has 1 aromatic heterocycles. The maximum absolute atomic E-state index is 12.9. The lowest BCUT2D eigenvalue weighted by atomic mass is 10.0. The first-order valence-electron chi connectivity index (χ1n) is 11.1. The largest absolute Gasteiger partial charge is 0.462 e. The van der Waals surface area contributed by atoms with E-state index >= 15 is 0 Å². The van der Waals surface area contributed by atoms with Gasteiger partial charge >= 0.3 is 5.97 Å². The van der Waals surface area contributed by atoms with Crippen molar-refractivity contribution in [2.75, 3.05) is 25.0 Å². The van der Waals surface area contributed by atoms with Crippen LogP contribution >= 0.6 is 11.3 Å². The quantitative estimate of drug-likeness (QED) is 0.466. The summed E-state index contributed by atoms with van der Waals surface area (Å²) in [6, 6.07) is 13.6. The summed E-state index contributed by atoms with van der Waals surface area (Å²) in [5.74, 6) is -0.949. The summed E-state index contributed by atoms with van der Waals surface area (Å²) in [6.45, 7) is 4.96. The zero-order valence-electron chi connectivity index (χ0n) is 19.0. The molecule has 2 heterocycles. The molecule has 1 aliphatic rings. The number of hydrogen-bond donors (Lipinski definition) is 1. The van der Waals surface area contributed by atoms with Crippen molar-refractivity contribution >= 4 is 38.2 Å². The van der Waals surface area contributed by atoms with Crippen LogP contribution in [-0.2, 0) is 14.8 Å². The Balaban J connectivity index is 1.59. The van der Waals surface area contributed by atoms with Gasteiger partial charge in [-0.15, -0.1) is 11.3 Å².